The second-order valence-corrected chi connectivity index (χ2v) is 6.58. The number of aromatic nitrogens is 2. The molecule has 2 heterocycles. The lowest BCUT2D eigenvalue weighted by atomic mass is 9.87. The molecule has 1 aromatic carbocycles. The first-order valence-corrected chi connectivity index (χ1v) is 7.70. The minimum Gasteiger partial charge on any atom is -0.472 e. The van der Waals surface area contributed by atoms with Crippen LogP contribution in [0.3, 0.4) is 0 Å². The molecule has 0 aliphatic carbocycles. The number of nitrogens with zero attached hydrogens (tertiary/aromatic N) is 2. The maximum Gasteiger partial charge on any atom is 0.274 e. The normalized spacial score (nSPS) is 11.3. The molecule has 3 rings (SSSR count). The van der Waals surface area contributed by atoms with Crippen LogP contribution in [0.1, 0.15) is 36.8 Å². The lowest BCUT2D eigenvalue weighted by Crippen LogP contribution is -2.15. The van der Waals surface area contributed by atoms with Crippen molar-refractivity contribution in [1.82, 2.24) is 9.97 Å². The molecule has 0 saturated carbocycles. The van der Waals surface area contributed by atoms with Crippen LogP contribution < -0.4 is 5.32 Å². The van der Waals surface area contributed by atoms with Gasteiger partial charge in [-0.05, 0) is 35.2 Å². The zero-order chi connectivity index (χ0) is 17.2. The Labute approximate surface area is 140 Å². The summed E-state index contributed by atoms with van der Waals surface area (Å²) in [5.74, 6) is -0.273. The molecular formula is C19H19N3O2. The summed E-state index contributed by atoms with van der Waals surface area (Å²) in [6, 6.07) is 11.3. The lowest BCUT2D eigenvalue weighted by molar-refractivity contribution is 0.102. The summed E-state index contributed by atoms with van der Waals surface area (Å²) in [5.41, 5.74) is 3.78. The highest BCUT2D eigenvalue weighted by Gasteiger charge is 2.14. The molecule has 0 atom stereocenters. The van der Waals surface area contributed by atoms with E-state index in [-0.39, 0.29) is 11.3 Å². The van der Waals surface area contributed by atoms with E-state index in [1.54, 1.807) is 24.7 Å². The third-order valence-corrected chi connectivity index (χ3v) is 3.73. The van der Waals surface area contributed by atoms with Gasteiger partial charge in [-0.15, -0.1) is 0 Å². The molecule has 24 heavy (non-hydrogen) atoms. The van der Waals surface area contributed by atoms with Crippen molar-refractivity contribution in [2.75, 3.05) is 5.32 Å². The van der Waals surface area contributed by atoms with Crippen LogP contribution in [0.15, 0.2) is 59.7 Å². The number of hydrogen-bond acceptors (Lipinski definition) is 4. The molecule has 2 aromatic heterocycles. The van der Waals surface area contributed by atoms with E-state index in [1.807, 2.05) is 24.3 Å². The van der Waals surface area contributed by atoms with Gasteiger partial charge in [0.2, 0.25) is 0 Å². The van der Waals surface area contributed by atoms with Crippen molar-refractivity contribution in [1.29, 1.82) is 0 Å². The van der Waals surface area contributed by atoms with Crippen molar-refractivity contribution in [2.24, 2.45) is 0 Å². The molecule has 0 aliphatic rings. The monoisotopic (exact) mass is 321 g/mol. The maximum absolute atomic E-state index is 12.4. The molecule has 0 bridgehead atoms. The number of carbonyl (C=O) groups is 1. The molecule has 5 nitrogen and oxygen atoms in total. The molecule has 122 valence electrons. The van der Waals surface area contributed by atoms with Crippen LogP contribution in [0, 0.1) is 0 Å². The molecule has 3 aromatic rings. The fourth-order valence-electron chi connectivity index (χ4n) is 2.30. The molecule has 1 N–H and O–H groups in total. The molecule has 1 amide bonds. The molecule has 0 fully saturated rings. The maximum atomic E-state index is 12.4. The standard InChI is InChI=1S/C19H19N3O2/c1-19(2,3)14-4-6-15(7-5-14)22-18(23)17-10-16(20-12-21-17)13-8-9-24-11-13/h4-12H,1-3H3,(H,22,23). The highest BCUT2D eigenvalue weighted by atomic mass is 16.3. The molecule has 0 radical (unpaired) electrons. The third-order valence-electron chi connectivity index (χ3n) is 3.73. The van der Waals surface area contributed by atoms with Crippen LogP contribution in [-0.4, -0.2) is 15.9 Å². The molecule has 0 unspecified atom stereocenters. The first-order chi connectivity index (χ1) is 11.4. The fraction of sp³-hybridized carbons (Fsp3) is 0.211. The highest BCUT2D eigenvalue weighted by molar-refractivity contribution is 6.03. The molecular weight excluding hydrogens is 302 g/mol. The van der Waals surface area contributed by atoms with Crippen molar-refractivity contribution in [3.05, 3.63) is 66.5 Å². The summed E-state index contributed by atoms with van der Waals surface area (Å²) < 4.78 is 5.04. The third kappa shape index (κ3) is 3.51. The van der Waals surface area contributed by atoms with E-state index in [2.05, 4.69) is 36.1 Å². The second kappa shape index (κ2) is 6.28. The van der Waals surface area contributed by atoms with Crippen molar-refractivity contribution in [3.63, 3.8) is 0 Å². The van der Waals surface area contributed by atoms with Crippen LogP contribution in [0.25, 0.3) is 11.3 Å². The number of amides is 1. The predicted molar refractivity (Wildman–Crippen MR) is 92.8 cm³/mol. The van der Waals surface area contributed by atoms with Gasteiger partial charge in [0.15, 0.2) is 0 Å². The van der Waals surface area contributed by atoms with Crippen LogP contribution in [0.5, 0.6) is 0 Å². The number of hydrogen-bond donors (Lipinski definition) is 1. The number of rotatable bonds is 3. The number of carbonyl (C=O) groups excluding carboxylic acids is 1. The van der Waals surface area contributed by atoms with E-state index in [9.17, 15) is 4.79 Å². The van der Waals surface area contributed by atoms with E-state index in [0.29, 0.717) is 11.4 Å². The number of furan rings is 1. The molecule has 5 heteroatoms. The minimum atomic E-state index is -0.273. The summed E-state index contributed by atoms with van der Waals surface area (Å²) in [4.78, 5) is 20.6. The lowest BCUT2D eigenvalue weighted by Gasteiger charge is -2.19. The summed E-state index contributed by atoms with van der Waals surface area (Å²) in [6.07, 6.45) is 4.52. The van der Waals surface area contributed by atoms with Crippen molar-refractivity contribution in [3.8, 4) is 11.3 Å². The molecule has 0 saturated heterocycles. The van der Waals surface area contributed by atoms with Crippen molar-refractivity contribution >= 4 is 11.6 Å². The smallest absolute Gasteiger partial charge is 0.274 e. The fourth-order valence-corrected chi connectivity index (χ4v) is 2.30. The highest BCUT2D eigenvalue weighted by Crippen LogP contribution is 2.24. The Morgan fingerprint density at radius 3 is 2.46 bits per heavy atom. The van der Waals surface area contributed by atoms with Crippen LogP contribution in [-0.2, 0) is 5.41 Å². The average molecular weight is 321 g/mol. The Kier molecular flexibility index (Phi) is 4.16. The number of benzene rings is 1. The van der Waals surface area contributed by atoms with Gasteiger partial charge in [0, 0.05) is 11.3 Å². The van der Waals surface area contributed by atoms with Gasteiger partial charge in [-0.1, -0.05) is 32.9 Å². The summed E-state index contributed by atoms with van der Waals surface area (Å²) in [7, 11) is 0. The Bertz CT molecular complexity index is 832. The Hall–Kier alpha value is -2.95. The first kappa shape index (κ1) is 15.9. The van der Waals surface area contributed by atoms with Gasteiger partial charge in [-0.25, -0.2) is 9.97 Å². The van der Waals surface area contributed by atoms with Gasteiger partial charge in [0.05, 0.1) is 18.2 Å². The first-order valence-electron chi connectivity index (χ1n) is 7.70. The van der Waals surface area contributed by atoms with Gasteiger partial charge in [0.25, 0.3) is 5.91 Å². The predicted octanol–water partition coefficient (Wildman–Crippen LogP) is 4.29. The summed E-state index contributed by atoms with van der Waals surface area (Å²) in [6.45, 7) is 6.45. The second-order valence-electron chi connectivity index (χ2n) is 6.58. The van der Waals surface area contributed by atoms with E-state index in [1.165, 1.54) is 11.9 Å². The van der Waals surface area contributed by atoms with Crippen LogP contribution in [0.2, 0.25) is 0 Å². The average Bonchev–Trinajstić information content (AvgIpc) is 3.09. The van der Waals surface area contributed by atoms with E-state index < -0.39 is 0 Å². The molecule has 0 aliphatic heterocycles. The number of anilines is 1. The van der Waals surface area contributed by atoms with Gasteiger partial charge < -0.3 is 9.73 Å². The Morgan fingerprint density at radius 1 is 1.08 bits per heavy atom. The van der Waals surface area contributed by atoms with Gasteiger partial charge >= 0.3 is 0 Å². The molecule has 0 spiro atoms. The zero-order valence-corrected chi connectivity index (χ0v) is 13.9. The van der Waals surface area contributed by atoms with Crippen LogP contribution >= 0.6 is 0 Å². The van der Waals surface area contributed by atoms with Crippen molar-refractivity contribution in [2.45, 2.75) is 26.2 Å². The minimum absolute atomic E-state index is 0.0781. The van der Waals surface area contributed by atoms with Gasteiger partial charge in [-0.2, -0.15) is 0 Å². The van der Waals surface area contributed by atoms with E-state index >= 15 is 0 Å². The summed E-state index contributed by atoms with van der Waals surface area (Å²) >= 11 is 0. The SMILES string of the molecule is CC(C)(C)c1ccc(NC(=O)c2cc(-c3ccoc3)ncn2)cc1. The van der Waals surface area contributed by atoms with Crippen LogP contribution in [0.4, 0.5) is 5.69 Å². The Balaban J connectivity index is 1.77. The van der Waals surface area contributed by atoms with E-state index in [4.69, 9.17) is 4.42 Å². The Morgan fingerprint density at radius 2 is 1.83 bits per heavy atom. The quantitative estimate of drug-likeness (QED) is 0.781. The van der Waals surface area contributed by atoms with E-state index in [0.717, 1.165) is 11.3 Å². The summed E-state index contributed by atoms with van der Waals surface area (Å²) in [5, 5.41) is 2.86. The van der Waals surface area contributed by atoms with Crippen molar-refractivity contribution < 1.29 is 9.21 Å². The van der Waals surface area contributed by atoms with Gasteiger partial charge in [-0.3, -0.25) is 4.79 Å². The largest absolute Gasteiger partial charge is 0.472 e. The topological polar surface area (TPSA) is 68.0 Å². The van der Waals surface area contributed by atoms with Gasteiger partial charge in [0.1, 0.15) is 12.0 Å². The zero-order valence-electron chi connectivity index (χ0n) is 13.9. The number of nitrogens with one attached hydrogen (secondary N) is 1.